The van der Waals surface area contributed by atoms with E-state index in [9.17, 15) is 9.00 Å². The Morgan fingerprint density at radius 2 is 1.94 bits per heavy atom. The first-order chi connectivity index (χ1) is 8.49. The highest BCUT2D eigenvalue weighted by Crippen LogP contribution is 2.07. The van der Waals surface area contributed by atoms with Crippen molar-refractivity contribution >= 4 is 17.0 Å². The van der Waals surface area contributed by atoms with Gasteiger partial charge in [0.2, 0.25) is 0 Å². The summed E-state index contributed by atoms with van der Waals surface area (Å²) in [6.07, 6.45) is 0.468. The first-order valence-electron chi connectivity index (χ1n) is 5.90. The molecule has 0 fully saturated rings. The van der Waals surface area contributed by atoms with Crippen LogP contribution in [0.5, 0.6) is 0 Å². The van der Waals surface area contributed by atoms with Crippen LogP contribution in [0, 0.1) is 5.92 Å². The molecule has 1 aromatic carbocycles. The van der Waals surface area contributed by atoms with Crippen LogP contribution in [-0.2, 0) is 21.5 Å². The average molecular weight is 269 g/mol. The fraction of sp³-hybridized carbons (Fsp3) is 0.462. The van der Waals surface area contributed by atoms with Crippen molar-refractivity contribution in [2.45, 2.75) is 32.1 Å². The van der Waals surface area contributed by atoms with Gasteiger partial charge in [-0.05, 0) is 17.9 Å². The molecular weight excluding hydrogens is 250 g/mol. The zero-order valence-electron chi connectivity index (χ0n) is 10.6. The monoisotopic (exact) mass is 269 g/mol. The fourth-order valence-electron chi connectivity index (χ4n) is 1.60. The molecule has 0 heterocycles. The summed E-state index contributed by atoms with van der Waals surface area (Å²) in [5.41, 5.74) is 0.928. The van der Waals surface area contributed by atoms with Crippen LogP contribution in [0.1, 0.15) is 25.8 Å². The Labute approximate surface area is 110 Å². The van der Waals surface area contributed by atoms with Crippen LogP contribution in [0.3, 0.4) is 0 Å². The molecule has 0 aromatic heterocycles. The highest BCUT2D eigenvalue weighted by molar-refractivity contribution is 7.82. The predicted octanol–water partition coefficient (Wildman–Crippen LogP) is 1.94. The Balaban J connectivity index is 2.54. The van der Waals surface area contributed by atoms with E-state index in [1.807, 2.05) is 44.2 Å². The van der Waals surface area contributed by atoms with Crippen molar-refractivity contribution in [3.63, 3.8) is 0 Å². The quantitative estimate of drug-likeness (QED) is 0.795. The summed E-state index contributed by atoms with van der Waals surface area (Å²) < 4.78 is 14.5. The van der Waals surface area contributed by atoms with Crippen molar-refractivity contribution in [3.8, 4) is 0 Å². The third-order valence-electron chi connectivity index (χ3n) is 2.42. The number of rotatable bonds is 7. The minimum atomic E-state index is -1.37. The molecule has 0 aliphatic heterocycles. The van der Waals surface area contributed by atoms with Crippen molar-refractivity contribution in [1.29, 1.82) is 0 Å². The zero-order valence-corrected chi connectivity index (χ0v) is 11.4. The summed E-state index contributed by atoms with van der Waals surface area (Å²) in [6.45, 7) is 3.88. The normalized spacial score (nSPS) is 14.4. The van der Waals surface area contributed by atoms with Gasteiger partial charge in [-0.25, -0.2) is 8.93 Å². The van der Waals surface area contributed by atoms with Crippen LogP contribution in [0.15, 0.2) is 30.3 Å². The van der Waals surface area contributed by atoms with Gasteiger partial charge in [0.05, 0.1) is 16.7 Å². The van der Waals surface area contributed by atoms with Crippen LogP contribution in [0.4, 0.5) is 0 Å². The van der Waals surface area contributed by atoms with Crippen LogP contribution in [0.2, 0.25) is 0 Å². The minimum Gasteiger partial charge on any atom is -0.480 e. The number of carbonyl (C=O) groups is 1. The van der Waals surface area contributed by atoms with E-state index in [1.165, 1.54) is 0 Å². The first kappa shape index (κ1) is 14.9. The molecule has 0 saturated heterocycles. The molecule has 2 unspecified atom stereocenters. The molecule has 2 N–H and O–H groups in total. The summed E-state index contributed by atoms with van der Waals surface area (Å²) >= 11 is 0. The third-order valence-corrected chi connectivity index (χ3v) is 3.56. The minimum absolute atomic E-state index is 0.243. The molecule has 0 aliphatic rings. The van der Waals surface area contributed by atoms with E-state index >= 15 is 0 Å². The largest absolute Gasteiger partial charge is 0.480 e. The second-order valence-electron chi connectivity index (χ2n) is 4.61. The van der Waals surface area contributed by atoms with Crippen molar-refractivity contribution in [2.75, 3.05) is 0 Å². The second-order valence-corrected chi connectivity index (χ2v) is 5.83. The lowest BCUT2D eigenvalue weighted by Crippen LogP contribution is -2.39. The molecule has 0 spiro atoms. The maximum absolute atomic E-state index is 11.8. The number of hydrogen-bond acceptors (Lipinski definition) is 2. The summed E-state index contributed by atoms with van der Waals surface area (Å²) in [6, 6.07) is 8.62. The Bertz CT molecular complexity index is 406. The van der Waals surface area contributed by atoms with E-state index in [0.29, 0.717) is 12.2 Å². The highest BCUT2D eigenvalue weighted by atomic mass is 32.2. The lowest BCUT2D eigenvalue weighted by molar-refractivity contribution is -0.139. The predicted molar refractivity (Wildman–Crippen MR) is 72.3 cm³/mol. The lowest BCUT2D eigenvalue weighted by atomic mass is 10.1. The Kier molecular flexibility index (Phi) is 6.01. The van der Waals surface area contributed by atoms with E-state index in [0.717, 1.165) is 5.56 Å². The number of benzene rings is 1. The van der Waals surface area contributed by atoms with Gasteiger partial charge in [0.15, 0.2) is 0 Å². The summed E-state index contributed by atoms with van der Waals surface area (Å²) in [5, 5.41) is 9.04. The van der Waals surface area contributed by atoms with Gasteiger partial charge in [-0.3, -0.25) is 4.79 Å². The SMILES string of the molecule is CC(C)CC(NS(=O)Cc1ccccc1)C(=O)O. The van der Waals surface area contributed by atoms with Gasteiger partial charge < -0.3 is 5.11 Å². The van der Waals surface area contributed by atoms with Gasteiger partial charge in [0, 0.05) is 0 Å². The van der Waals surface area contributed by atoms with E-state index < -0.39 is 23.0 Å². The molecule has 100 valence electrons. The molecule has 0 radical (unpaired) electrons. The summed E-state index contributed by atoms with van der Waals surface area (Å²) in [7, 11) is -1.37. The van der Waals surface area contributed by atoms with Crippen molar-refractivity contribution in [3.05, 3.63) is 35.9 Å². The first-order valence-corrected chi connectivity index (χ1v) is 7.22. The Morgan fingerprint density at radius 3 is 2.44 bits per heavy atom. The van der Waals surface area contributed by atoms with Crippen LogP contribution in [-0.4, -0.2) is 21.3 Å². The molecule has 0 aliphatic carbocycles. The maximum atomic E-state index is 11.8. The molecule has 0 amide bonds. The maximum Gasteiger partial charge on any atom is 0.321 e. The molecule has 18 heavy (non-hydrogen) atoms. The molecule has 4 nitrogen and oxygen atoms in total. The summed E-state index contributed by atoms with van der Waals surface area (Å²) in [4.78, 5) is 11.0. The smallest absolute Gasteiger partial charge is 0.321 e. The number of carboxylic acid groups (broad SMARTS) is 1. The van der Waals surface area contributed by atoms with Crippen molar-refractivity contribution < 1.29 is 14.1 Å². The number of nitrogens with one attached hydrogen (secondary N) is 1. The topological polar surface area (TPSA) is 66.4 Å². The molecule has 1 aromatic rings. The Hall–Kier alpha value is -1.20. The number of carboxylic acids is 1. The molecule has 5 heteroatoms. The molecule has 0 saturated carbocycles. The van der Waals surface area contributed by atoms with Gasteiger partial charge in [0.1, 0.15) is 6.04 Å². The number of hydrogen-bond donors (Lipinski definition) is 2. The van der Waals surface area contributed by atoms with Crippen LogP contribution < -0.4 is 4.72 Å². The standard InChI is InChI=1S/C13H19NO3S/c1-10(2)8-12(13(15)16)14-18(17)9-11-6-4-3-5-7-11/h3-7,10,12,14H,8-9H2,1-2H3,(H,15,16). The van der Waals surface area contributed by atoms with Crippen LogP contribution >= 0.6 is 0 Å². The fourth-order valence-corrected chi connectivity index (χ4v) is 2.69. The van der Waals surface area contributed by atoms with E-state index in [-0.39, 0.29) is 5.92 Å². The molecular formula is C13H19NO3S. The zero-order chi connectivity index (χ0) is 13.5. The van der Waals surface area contributed by atoms with Gasteiger partial charge in [-0.1, -0.05) is 44.2 Å². The summed E-state index contributed by atoms with van der Waals surface area (Å²) in [5.74, 6) is -0.389. The second kappa shape index (κ2) is 7.28. The average Bonchev–Trinajstić information content (AvgIpc) is 2.28. The van der Waals surface area contributed by atoms with E-state index in [4.69, 9.17) is 5.11 Å². The Morgan fingerprint density at radius 1 is 1.33 bits per heavy atom. The third kappa shape index (κ3) is 5.42. The highest BCUT2D eigenvalue weighted by Gasteiger charge is 2.20. The van der Waals surface area contributed by atoms with Gasteiger partial charge in [0.25, 0.3) is 0 Å². The van der Waals surface area contributed by atoms with Crippen molar-refractivity contribution in [2.24, 2.45) is 5.92 Å². The van der Waals surface area contributed by atoms with Crippen LogP contribution in [0.25, 0.3) is 0 Å². The lowest BCUT2D eigenvalue weighted by Gasteiger charge is -2.15. The number of aliphatic carboxylic acids is 1. The molecule has 2 atom stereocenters. The van der Waals surface area contributed by atoms with E-state index in [1.54, 1.807) is 0 Å². The van der Waals surface area contributed by atoms with Gasteiger partial charge in [-0.15, -0.1) is 0 Å². The van der Waals surface area contributed by atoms with Gasteiger partial charge in [-0.2, -0.15) is 0 Å². The molecule has 1 rings (SSSR count). The van der Waals surface area contributed by atoms with Gasteiger partial charge >= 0.3 is 5.97 Å². The van der Waals surface area contributed by atoms with Crippen molar-refractivity contribution in [1.82, 2.24) is 4.72 Å². The van der Waals surface area contributed by atoms with E-state index in [2.05, 4.69) is 4.72 Å². The molecule has 0 bridgehead atoms.